The molecule has 0 saturated carbocycles. The summed E-state index contributed by atoms with van der Waals surface area (Å²) in [7, 11) is 1.63. The molecule has 0 spiro atoms. The van der Waals surface area contributed by atoms with Gasteiger partial charge in [-0.1, -0.05) is 29.8 Å². The van der Waals surface area contributed by atoms with Crippen LogP contribution in [0.4, 0.5) is 11.4 Å². The van der Waals surface area contributed by atoms with Gasteiger partial charge < -0.3 is 15.0 Å². The van der Waals surface area contributed by atoms with Crippen molar-refractivity contribution in [3.05, 3.63) is 71.5 Å². The number of carbonyl (C=O) groups excluding carboxylic acids is 2. The summed E-state index contributed by atoms with van der Waals surface area (Å²) in [6.07, 6.45) is 3.61. The van der Waals surface area contributed by atoms with Gasteiger partial charge in [-0.15, -0.1) is 0 Å². The Balaban J connectivity index is 1.39. The van der Waals surface area contributed by atoms with Crippen molar-refractivity contribution < 1.29 is 14.3 Å². The van der Waals surface area contributed by atoms with Crippen LogP contribution in [0.1, 0.15) is 23.1 Å². The van der Waals surface area contributed by atoms with Crippen molar-refractivity contribution in [1.82, 2.24) is 9.78 Å². The third-order valence-corrected chi connectivity index (χ3v) is 5.52. The molecule has 0 bridgehead atoms. The predicted octanol–water partition coefficient (Wildman–Crippen LogP) is 3.55. The van der Waals surface area contributed by atoms with Gasteiger partial charge in [-0.2, -0.15) is 5.10 Å². The number of anilines is 2. The van der Waals surface area contributed by atoms with Crippen molar-refractivity contribution in [3.8, 4) is 5.75 Å². The summed E-state index contributed by atoms with van der Waals surface area (Å²) in [5, 5.41) is 7.23. The number of ether oxygens (including phenoxy) is 1. The van der Waals surface area contributed by atoms with Gasteiger partial charge in [0, 0.05) is 24.8 Å². The van der Waals surface area contributed by atoms with Crippen molar-refractivity contribution in [3.63, 3.8) is 0 Å². The van der Waals surface area contributed by atoms with Gasteiger partial charge in [0.2, 0.25) is 11.8 Å². The van der Waals surface area contributed by atoms with Crippen molar-refractivity contribution in [2.45, 2.75) is 26.8 Å². The molecule has 0 aliphatic carbocycles. The van der Waals surface area contributed by atoms with E-state index < -0.39 is 5.92 Å². The second-order valence-corrected chi connectivity index (χ2v) is 7.96. The molecule has 0 radical (unpaired) electrons. The number of aromatic nitrogens is 2. The van der Waals surface area contributed by atoms with E-state index >= 15 is 0 Å². The van der Waals surface area contributed by atoms with Gasteiger partial charge >= 0.3 is 0 Å². The van der Waals surface area contributed by atoms with Crippen molar-refractivity contribution in [2.24, 2.45) is 5.92 Å². The van der Waals surface area contributed by atoms with Crippen molar-refractivity contribution in [2.75, 3.05) is 23.9 Å². The number of hydrogen-bond donors (Lipinski definition) is 1. The summed E-state index contributed by atoms with van der Waals surface area (Å²) in [5.74, 6) is 0.203. The third kappa shape index (κ3) is 4.60. The number of benzene rings is 2. The van der Waals surface area contributed by atoms with Crippen molar-refractivity contribution in [1.29, 1.82) is 0 Å². The second-order valence-electron chi connectivity index (χ2n) is 7.96. The number of nitrogens with zero attached hydrogens (tertiary/aromatic N) is 3. The molecule has 1 aromatic heterocycles. The Hall–Kier alpha value is -3.61. The fourth-order valence-electron chi connectivity index (χ4n) is 3.94. The number of rotatable bonds is 6. The number of aryl methyl sites for hydroxylation is 2. The molecule has 1 saturated heterocycles. The molecule has 7 heteroatoms. The monoisotopic (exact) mass is 418 g/mol. The second kappa shape index (κ2) is 8.63. The quantitative estimate of drug-likeness (QED) is 0.664. The lowest BCUT2D eigenvalue weighted by molar-refractivity contribution is -0.122. The predicted molar refractivity (Wildman–Crippen MR) is 119 cm³/mol. The maximum Gasteiger partial charge on any atom is 0.229 e. The fourth-order valence-corrected chi connectivity index (χ4v) is 3.94. The first kappa shape index (κ1) is 20.7. The van der Waals surface area contributed by atoms with Gasteiger partial charge in [-0.25, -0.2) is 0 Å². The van der Waals surface area contributed by atoms with E-state index in [1.54, 1.807) is 29.1 Å². The van der Waals surface area contributed by atoms with E-state index in [-0.39, 0.29) is 18.2 Å². The maximum atomic E-state index is 12.8. The highest BCUT2D eigenvalue weighted by Gasteiger charge is 2.35. The highest BCUT2D eigenvalue weighted by Crippen LogP contribution is 2.29. The van der Waals surface area contributed by atoms with Crippen LogP contribution in [0.3, 0.4) is 0 Å². The molecule has 0 unspecified atom stereocenters. The van der Waals surface area contributed by atoms with Crippen LogP contribution in [0.2, 0.25) is 0 Å². The normalized spacial score (nSPS) is 15.9. The highest BCUT2D eigenvalue weighted by molar-refractivity contribution is 6.03. The number of amides is 2. The van der Waals surface area contributed by atoms with E-state index in [1.165, 1.54) is 0 Å². The Morgan fingerprint density at radius 1 is 1.23 bits per heavy atom. The first-order valence-corrected chi connectivity index (χ1v) is 10.3. The molecule has 1 atom stereocenters. The molecule has 160 valence electrons. The topological polar surface area (TPSA) is 76.5 Å². The zero-order valence-corrected chi connectivity index (χ0v) is 18.0. The molecule has 7 nitrogen and oxygen atoms in total. The molecule has 2 amide bonds. The number of hydrogen-bond acceptors (Lipinski definition) is 4. The van der Waals surface area contributed by atoms with Gasteiger partial charge in [0.05, 0.1) is 31.5 Å². The largest absolute Gasteiger partial charge is 0.497 e. The Labute approximate surface area is 181 Å². The van der Waals surface area contributed by atoms with E-state index in [9.17, 15) is 9.59 Å². The molecule has 1 N–H and O–H groups in total. The van der Waals surface area contributed by atoms with Crippen LogP contribution in [0, 0.1) is 19.8 Å². The first-order valence-electron chi connectivity index (χ1n) is 10.3. The lowest BCUT2D eigenvalue weighted by Gasteiger charge is -2.19. The molecule has 2 heterocycles. The zero-order chi connectivity index (χ0) is 22.0. The van der Waals surface area contributed by atoms with Crippen LogP contribution in [-0.4, -0.2) is 35.2 Å². The van der Waals surface area contributed by atoms with E-state index in [2.05, 4.69) is 10.4 Å². The molecule has 1 aliphatic heterocycles. The lowest BCUT2D eigenvalue weighted by atomic mass is 10.1. The minimum atomic E-state index is -0.394. The molecule has 1 fully saturated rings. The maximum absolute atomic E-state index is 12.8. The Bertz CT molecular complexity index is 1120. The van der Waals surface area contributed by atoms with Crippen LogP contribution >= 0.6 is 0 Å². The summed E-state index contributed by atoms with van der Waals surface area (Å²) in [4.78, 5) is 27.1. The molecule has 31 heavy (non-hydrogen) atoms. The van der Waals surface area contributed by atoms with Crippen LogP contribution in [-0.2, 0) is 16.1 Å². The van der Waals surface area contributed by atoms with Gasteiger partial charge in [-0.05, 0) is 43.2 Å². The van der Waals surface area contributed by atoms with Gasteiger partial charge in [0.15, 0.2) is 0 Å². The molecule has 4 rings (SSSR count). The molecular formula is C24H26N4O3. The van der Waals surface area contributed by atoms with E-state index in [4.69, 9.17) is 4.74 Å². The van der Waals surface area contributed by atoms with Gasteiger partial charge in [0.25, 0.3) is 0 Å². The van der Waals surface area contributed by atoms with Gasteiger partial charge in [-0.3, -0.25) is 14.3 Å². The summed E-state index contributed by atoms with van der Waals surface area (Å²) in [6.45, 7) is 4.95. The number of nitrogens with one attached hydrogen (secondary N) is 1. The third-order valence-electron chi connectivity index (χ3n) is 5.52. The summed E-state index contributed by atoms with van der Waals surface area (Å²) in [5.41, 5.74) is 4.72. The summed E-state index contributed by atoms with van der Waals surface area (Å²) >= 11 is 0. The minimum Gasteiger partial charge on any atom is -0.497 e. The number of carbonyl (C=O) groups is 2. The van der Waals surface area contributed by atoms with Gasteiger partial charge in [0.1, 0.15) is 5.75 Å². The molecule has 2 aromatic carbocycles. The van der Waals surface area contributed by atoms with E-state index in [1.807, 2.05) is 56.3 Å². The summed E-state index contributed by atoms with van der Waals surface area (Å²) < 4.78 is 7.01. The first-order chi connectivity index (χ1) is 14.9. The van der Waals surface area contributed by atoms with E-state index in [0.29, 0.717) is 18.8 Å². The average Bonchev–Trinajstić information content (AvgIpc) is 3.34. The Kier molecular flexibility index (Phi) is 5.75. The van der Waals surface area contributed by atoms with Crippen LogP contribution in [0.25, 0.3) is 0 Å². The molecule has 1 aliphatic rings. The minimum absolute atomic E-state index is 0.0270. The number of methoxy groups -OCH3 is 1. The SMILES string of the molecule is COc1cccc(Cn2cc(NC(=O)[C@@H]3CC(=O)N(c4ccc(C)cc4C)C3)cn2)c1. The molecular weight excluding hydrogens is 392 g/mol. The Morgan fingerprint density at radius 3 is 2.84 bits per heavy atom. The van der Waals surface area contributed by atoms with E-state index in [0.717, 1.165) is 28.1 Å². The smallest absolute Gasteiger partial charge is 0.229 e. The standard InChI is InChI=1S/C24H26N4O3/c1-16-7-8-22(17(2)9-16)28-14-19(11-23(28)29)24(30)26-20-12-25-27(15-20)13-18-5-4-6-21(10-18)31-3/h4-10,12,15,19H,11,13-14H2,1-3H3,(H,26,30)/t19-/m1/s1. The zero-order valence-electron chi connectivity index (χ0n) is 18.0. The highest BCUT2D eigenvalue weighted by atomic mass is 16.5. The fraction of sp³-hybridized carbons (Fsp3) is 0.292. The summed E-state index contributed by atoms with van der Waals surface area (Å²) in [6, 6.07) is 13.7. The average molecular weight is 418 g/mol. The molecule has 3 aromatic rings. The van der Waals surface area contributed by atoms with Crippen LogP contribution in [0.5, 0.6) is 5.75 Å². The van der Waals surface area contributed by atoms with Crippen LogP contribution in [0.15, 0.2) is 54.9 Å². The van der Waals surface area contributed by atoms with Crippen LogP contribution < -0.4 is 15.0 Å². The van der Waals surface area contributed by atoms with Crippen molar-refractivity contribution >= 4 is 23.2 Å². The lowest BCUT2D eigenvalue weighted by Crippen LogP contribution is -2.28. The Morgan fingerprint density at radius 2 is 2.06 bits per heavy atom.